The minimum absolute atomic E-state index is 0. The molecule has 0 aromatic rings. The van der Waals surface area contributed by atoms with Gasteiger partial charge in [-0.15, -0.1) is 0 Å². The zero-order chi connectivity index (χ0) is 15.7. The Bertz CT molecular complexity index is 328. The maximum absolute atomic E-state index is 10.6. The predicted octanol–water partition coefficient (Wildman–Crippen LogP) is -9.71. The summed E-state index contributed by atoms with van der Waals surface area (Å²) in [6.07, 6.45) is 0. The van der Waals surface area contributed by atoms with Crippen molar-refractivity contribution in [1.29, 1.82) is 0 Å². The fourth-order valence-corrected chi connectivity index (χ4v) is 1.48. The molecule has 0 heterocycles. The minimum atomic E-state index is -1.23. The SMILES string of the molecule is O.O.O=C(O)CN(CCN(CC(=O)O)CC(=O)O)CC(=O)O.[K+].[K+]. The summed E-state index contributed by atoms with van der Waals surface area (Å²) in [7, 11) is 0. The Morgan fingerprint density at radius 2 is 0.708 bits per heavy atom. The first-order chi connectivity index (χ1) is 9.20. The van der Waals surface area contributed by atoms with Gasteiger partial charge in [0.05, 0.1) is 26.2 Å². The largest absolute Gasteiger partial charge is 1.00 e. The molecular formula is C10H20K2N2O10+2. The first kappa shape index (κ1) is 36.0. The molecular weight excluding hydrogens is 386 g/mol. The molecule has 12 nitrogen and oxygen atoms in total. The van der Waals surface area contributed by atoms with Crippen LogP contribution in [0.4, 0.5) is 0 Å². The Hall–Kier alpha value is 0.993. The van der Waals surface area contributed by atoms with Gasteiger partial charge in [-0.05, 0) is 0 Å². The van der Waals surface area contributed by atoms with Gasteiger partial charge in [0, 0.05) is 13.1 Å². The van der Waals surface area contributed by atoms with Gasteiger partial charge >= 0.3 is 127 Å². The molecule has 0 atom stereocenters. The van der Waals surface area contributed by atoms with Crippen molar-refractivity contribution in [3.63, 3.8) is 0 Å². The molecule has 0 aromatic carbocycles. The third-order valence-corrected chi connectivity index (χ3v) is 2.17. The molecule has 8 N–H and O–H groups in total. The van der Waals surface area contributed by atoms with Crippen molar-refractivity contribution in [2.45, 2.75) is 0 Å². The van der Waals surface area contributed by atoms with Crippen molar-refractivity contribution in [2.75, 3.05) is 39.3 Å². The molecule has 0 bridgehead atoms. The second kappa shape index (κ2) is 20.3. The zero-order valence-electron chi connectivity index (χ0n) is 13.6. The Morgan fingerprint density at radius 1 is 0.542 bits per heavy atom. The van der Waals surface area contributed by atoms with Crippen LogP contribution in [0.2, 0.25) is 0 Å². The molecule has 0 unspecified atom stereocenters. The van der Waals surface area contributed by atoms with Crippen LogP contribution in [0, 0.1) is 0 Å². The van der Waals surface area contributed by atoms with Gasteiger partial charge in [0.15, 0.2) is 0 Å². The summed E-state index contributed by atoms with van der Waals surface area (Å²) in [5.74, 6) is -4.91. The van der Waals surface area contributed by atoms with E-state index in [1.165, 1.54) is 0 Å². The van der Waals surface area contributed by atoms with Gasteiger partial charge in [-0.3, -0.25) is 29.0 Å². The number of hydrogen-bond donors (Lipinski definition) is 4. The second-order valence-electron chi connectivity index (χ2n) is 4.00. The van der Waals surface area contributed by atoms with Crippen LogP contribution in [0.1, 0.15) is 0 Å². The maximum atomic E-state index is 10.6. The summed E-state index contributed by atoms with van der Waals surface area (Å²) in [6, 6.07) is 0. The van der Waals surface area contributed by atoms with E-state index in [1.807, 2.05) is 0 Å². The van der Waals surface area contributed by atoms with E-state index in [0.717, 1.165) is 9.80 Å². The van der Waals surface area contributed by atoms with E-state index in [2.05, 4.69) is 0 Å². The summed E-state index contributed by atoms with van der Waals surface area (Å²) < 4.78 is 0. The van der Waals surface area contributed by atoms with Gasteiger partial charge in [0.25, 0.3) is 0 Å². The smallest absolute Gasteiger partial charge is 0.480 e. The number of hydrogen-bond acceptors (Lipinski definition) is 6. The third-order valence-electron chi connectivity index (χ3n) is 2.17. The number of carbonyl (C=O) groups is 4. The number of carboxylic acids is 4. The molecule has 0 fully saturated rings. The van der Waals surface area contributed by atoms with Gasteiger partial charge in [0.1, 0.15) is 0 Å². The van der Waals surface area contributed by atoms with E-state index >= 15 is 0 Å². The van der Waals surface area contributed by atoms with E-state index < -0.39 is 50.1 Å². The van der Waals surface area contributed by atoms with Crippen LogP contribution >= 0.6 is 0 Å². The van der Waals surface area contributed by atoms with Gasteiger partial charge in [-0.2, -0.15) is 0 Å². The van der Waals surface area contributed by atoms with Crippen LogP contribution in [-0.4, -0.2) is 104 Å². The molecule has 0 aromatic heterocycles. The first-order valence-electron chi connectivity index (χ1n) is 5.52. The molecule has 0 spiro atoms. The molecule has 14 heteroatoms. The number of nitrogens with zero attached hydrogens (tertiary/aromatic N) is 2. The molecule has 0 amide bonds. The molecule has 130 valence electrons. The van der Waals surface area contributed by atoms with E-state index in [4.69, 9.17) is 20.4 Å². The third kappa shape index (κ3) is 23.0. The number of rotatable bonds is 11. The molecule has 0 radical (unpaired) electrons. The Morgan fingerprint density at radius 3 is 0.833 bits per heavy atom. The van der Waals surface area contributed by atoms with Gasteiger partial charge in [-0.1, -0.05) is 0 Å². The van der Waals surface area contributed by atoms with Crippen molar-refractivity contribution in [3.05, 3.63) is 0 Å². The molecule has 0 rings (SSSR count). The van der Waals surface area contributed by atoms with E-state index in [0.29, 0.717) is 0 Å². The average molecular weight is 406 g/mol. The zero-order valence-corrected chi connectivity index (χ0v) is 19.8. The van der Waals surface area contributed by atoms with Gasteiger partial charge in [0.2, 0.25) is 0 Å². The Balaban J connectivity index is -0.000000301. The van der Waals surface area contributed by atoms with Crippen LogP contribution in [-0.2, 0) is 19.2 Å². The van der Waals surface area contributed by atoms with Crippen LogP contribution in [0.5, 0.6) is 0 Å². The van der Waals surface area contributed by atoms with E-state index in [1.54, 1.807) is 0 Å². The summed E-state index contributed by atoms with van der Waals surface area (Å²) in [5.41, 5.74) is 0. The minimum Gasteiger partial charge on any atom is -0.480 e. The number of carboxylic acid groups (broad SMARTS) is 4. The summed E-state index contributed by atoms with van der Waals surface area (Å²) in [4.78, 5) is 44.4. The summed E-state index contributed by atoms with van der Waals surface area (Å²) >= 11 is 0. The van der Waals surface area contributed by atoms with Crippen molar-refractivity contribution in [2.24, 2.45) is 0 Å². The number of aliphatic carboxylic acids is 4. The van der Waals surface area contributed by atoms with Gasteiger partial charge in [-0.25, -0.2) is 0 Å². The topological polar surface area (TPSA) is 219 Å². The molecule has 0 aliphatic heterocycles. The fraction of sp³-hybridized carbons (Fsp3) is 0.600. The standard InChI is InChI=1S/C10H16N2O8.2K.2H2O/c13-7(14)3-11(4-8(15)16)1-2-12(5-9(17)18)6-10(19)20;;;;/h1-6H2,(H,13,14)(H,15,16)(H,17,18)(H,19,20);;;2*1H2/q;2*+1;;. The fourth-order valence-electron chi connectivity index (χ4n) is 1.48. The van der Waals surface area contributed by atoms with Crippen LogP contribution < -0.4 is 103 Å². The molecule has 0 saturated heterocycles. The van der Waals surface area contributed by atoms with Crippen LogP contribution in [0.15, 0.2) is 0 Å². The van der Waals surface area contributed by atoms with Crippen molar-refractivity contribution in [1.82, 2.24) is 9.80 Å². The Kier molecular flexibility index (Phi) is 30.5. The maximum Gasteiger partial charge on any atom is 1.00 e. The molecule has 0 saturated carbocycles. The molecule has 24 heavy (non-hydrogen) atoms. The van der Waals surface area contributed by atoms with Crippen molar-refractivity contribution >= 4 is 23.9 Å². The molecule has 0 aliphatic rings. The quantitative estimate of drug-likeness (QED) is 0.237. The van der Waals surface area contributed by atoms with Crippen molar-refractivity contribution in [3.8, 4) is 0 Å². The van der Waals surface area contributed by atoms with Crippen molar-refractivity contribution < 1.29 is 153 Å². The predicted molar refractivity (Wildman–Crippen MR) is 70.7 cm³/mol. The normalized spacial score (nSPS) is 8.92. The van der Waals surface area contributed by atoms with E-state index in [-0.39, 0.29) is 127 Å². The second-order valence-corrected chi connectivity index (χ2v) is 4.00. The van der Waals surface area contributed by atoms with Crippen LogP contribution in [0.3, 0.4) is 0 Å². The van der Waals surface area contributed by atoms with E-state index in [9.17, 15) is 19.2 Å². The summed E-state index contributed by atoms with van der Waals surface area (Å²) in [6.45, 7) is -2.25. The average Bonchev–Trinajstić information content (AvgIpc) is 2.22. The first-order valence-corrected chi connectivity index (χ1v) is 5.52. The summed E-state index contributed by atoms with van der Waals surface area (Å²) in [5, 5.41) is 34.5. The monoisotopic (exact) mass is 406 g/mol. The molecule has 0 aliphatic carbocycles. The van der Waals surface area contributed by atoms with Crippen LogP contribution in [0.25, 0.3) is 0 Å². The Labute approximate surface area is 222 Å². The van der Waals surface area contributed by atoms with Gasteiger partial charge < -0.3 is 31.4 Å².